The third kappa shape index (κ3) is 7.40. The molecular formula is C17H18FN3O2S2. The number of carbonyl (C=O) groups excluding carboxylic acids is 1. The molecule has 0 heterocycles. The van der Waals surface area contributed by atoms with Gasteiger partial charge in [0, 0.05) is 17.2 Å². The standard InChI is InChI=1S/C17H18FN3O2S2/c18-14-8-4-5-9-15(14)23-12-16(22)20-21-17(24)19-10-11-25-13-6-2-1-3-7-13/h1-9H,10-12H2,(H,20,22)(H2,19,21,24). The predicted molar refractivity (Wildman–Crippen MR) is 101 cm³/mol. The Balaban J connectivity index is 1.56. The van der Waals surface area contributed by atoms with Crippen molar-refractivity contribution in [2.75, 3.05) is 18.9 Å². The van der Waals surface area contributed by atoms with Gasteiger partial charge in [-0.25, -0.2) is 4.39 Å². The quantitative estimate of drug-likeness (QED) is 0.297. The predicted octanol–water partition coefficient (Wildman–Crippen LogP) is 2.49. The molecule has 0 aromatic heterocycles. The minimum atomic E-state index is -0.517. The van der Waals surface area contributed by atoms with Gasteiger partial charge in [0.25, 0.3) is 5.91 Å². The van der Waals surface area contributed by atoms with Crippen LogP contribution < -0.4 is 20.9 Å². The first-order valence-corrected chi connectivity index (χ1v) is 8.92. The van der Waals surface area contributed by atoms with Crippen LogP contribution in [-0.4, -0.2) is 29.9 Å². The normalized spacial score (nSPS) is 9.96. The van der Waals surface area contributed by atoms with Crippen LogP contribution in [0.5, 0.6) is 5.75 Å². The van der Waals surface area contributed by atoms with Gasteiger partial charge in [-0.05, 0) is 36.5 Å². The zero-order chi connectivity index (χ0) is 17.9. The molecule has 8 heteroatoms. The third-order valence-electron chi connectivity index (χ3n) is 2.91. The van der Waals surface area contributed by atoms with Crippen LogP contribution in [0.3, 0.4) is 0 Å². The number of thiocarbonyl (C=S) groups is 1. The van der Waals surface area contributed by atoms with Gasteiger partial charge in [0.2, 0.25) is 0 Å². The topological polar surface area (TPSA) is 62.4 Å². The van der Waals surface area contributed by atoms with Crippen LogP contribution in [0.25, 0.3) is 0 Å². The molecule has 2 aromatic rings. The number of thioether (sulfide) groups is 1. The molecule has 0 atom stereocenters. The van der Waals surface area contributed by atoms with Crippen molar-refractivity contribution in [3.05, 3.63) is 60.4 Å². The molecule has 2 aromatic carbocycles. The highest BCUT2D eigenvalue weighted by Gasteiger charge is 2.06. The SMILES string of the molecule is O=C(COc1ccccc1F)NNC(=S)NCCSc1ccccc1. The van der Waals surface area contributed by atoms with E-state index in [0.717, 1.165) is 5.75 Å². The van der Waals surface area contributed by atoms with E-state index in [0.29, 0.717) is 11.7 Å². The lowest BCUT2D eigenvalue weighted by Gasteiger charge is -2.12. The molecule has 0 bridgehead atoms. The number of rotatable bonds is 7. The molecule has 0 spiro atoms. The maximum atomic E-state index is 13.3. The van der Waals surface area contributed by atoms with E-state index in [1.807, 2.05) is 30.3 Å². The van der Waals surface area contributed by atoms with Crippen molar-refractivity contribution in [1.82, 2.24) is 16.2 Å². The second-order valence-corrected chi connectivity index (χ2v) is 6.39. The van der Waals surface area contributed by atoms with E-state index in [4.69, 9.17) is 17.0 Å². The molecule has 0 aliphatic heterocycles. The Morgan fingerprint density at radius 2 is 1.80 bits per heavy atom. The Morgan fingerprint density at radius 3 is 2.56 bits per heavy atom. The summed E-state index contributed by atoms with van der Waals surface area (Å²) in [6.45, 7) is 0.327. The molecule has 0 aliphatic carbocycles. The van der Waals surface area contributed by atoms with E-state index in [2.05, 4.69) is 16.2 Å². The number of para-hydroxylation sites is 1. The number of nitrogens with one attached hydrogen (secondary N) is 3. The van der Waals surface area contributed by atoms with Crippen LogP contribution in [0, 0.1) is 5.82 Å². The summed E-state index contributed by atoms with van der Waals surface area (Å²) in [5, 5.41) is 3.27. The maximum Gasteiger partial charge on any atom is 0.276 e. The first kappa shape index (κ1) is 19.0. The van der Waals surface area contributed by atoms with E-state index in [1.54, 1.807) is 23.9 Å². The molecule has 0 unspecified atom stereocenters. The summed E-state index contributed by atoms with van der Waals surface area (Å²) in [4.78, 5) is 12.8. The van der Waals surface area contributed by atoms with Gasteiger partial charge in [-0.3, -0.25) is 15.6 Å². The largest absolute Gasteiger partial charge is 0.481 e. The molecule has 25 heavy (non-hydrogen) atoms. The number of ether oxygens (including phenoxy) is 1. The molecule has 132 valence electrons. The van der Waals surface area contributed by atoms with E-state index in [9.17, 15) is 9.18 Å². The van der Waals surface area contributed by atoms with E-state index < -0.39 is 11.7 Å². The third-order valence-corrected chi connectivity index (χ3v) is 4.17. The molecule has 3 N–H and O–H groups in total. The van der Waals surface area contributed by atoms with Gasteiger partial charge in [-0.15, -0.1) is 11.8 Å². The van der Waals surface area contributed by atoms with Gasteiger partial charge in [-0.1, -0.05) is 30.3 Å². The van der Waals surface area contributed by atoms with Crippen molar-refractivity contribution in [1.29, 1.82) is 0 Å². The highest BCUT2D eigenvalue weighted by Crippen LogP contribution is 2.16. The number of halogens is 1. The number of amides is 1. The van der Waals surface area contributed by atoms with Crippen molar-refractivity contribution in [3.8, 4) is 5.75 Å². The van der Waals surface area contributed by atoms with Crippen LogP contribution in [0.15, 0.2) is 59.5 Å². The number of hydrogen-bond donors (Lipinski definition) is 3. The average molecular weight is 379 g/mol. The Kier molecular flexibility index (Phi) is 8.00. The lowest BCUT2D eigenvalue weighted by molar-refractivity contribution is -0.123. The van der Waals surface area contributed by atoms with Crippen LogP contribution >= 0.6 is 24.0 Å². The van der Waals surface area contributed by atoms with Crippen molar-refractivity contribution in [2.45, 2.75) is 4.90 Å². The first-order chi connectivity index (χ1) is 12.1. The molecular weight excluding hydrogens is 361 g/mol. The second-order valence-electron chi connectivity index (χ2n) is 4.81. The summed E-state index contributed by atoms with van der Waals surface area (Å²) in [6.07, 6.45) is 0. The highest BCUT2D eigenvalue weighted by molar-refractivity contribution is 7.99. The van der Waals surface area contributed by atoms with Crippen molar-refractivity contribution in [2.24, 2.45) is 0 Å². The Labute approximate surface area is 155 Å². The van der Waals surface area contributed by atoms with Crippen LogP contribution in [0.4, 0.5) is 4.39 Å². The summed E-state index contributed by atoms with van der Waals surface area (Å²) < 4.78 is 18.4. The summed E-state index contributed by atoms with van der Waals surface area (Å²) in [5.41, 5.74) is 4.95. The van der Waals surface area contributed by atoms with Gasteiger partial charge in [0.15, 0.2) is 23.3 Å². The minimum absolute atomic E-state index is 0.0243. The number of benzene rings is 2. The fourth-order valence-electron chi connectivity index (χ4n) is 1.76. The van der Waals surface area contributed by atoms with Gasteiger partial charge in [0.05, 0.1) is 0 Å². The average Bonchev–Trinajstić information content (AvgIpc) is 2.64. The molecule has 0 radical (unpaired) electrons. The first-order valence-electron chi connectivity index (χ1n) is 7.53. The van der Waals surface area contributed by atoms with Crippen molar-refractivity contribution in [3.63, 3.8) is 0 Å². The van der Waals surface area contributed by atoms with Gasteiger partial charge in [0.1, 0.15) is 0 Å². The monoisotopic (exact) mass is 379 g/mol. The molecule has 0 saturated carbocycles. The highest BCUT2D eigenvalue weighted by atomic mass is 32.2. The second kappa shape index (κ2) is 10.5. The van der Waals surface area contributed by atoms with Crippen LogP contribution in [-0.2, 0) is 4.79 Å². The van der Waals surface area contributed by atoms with Crippen molar-refractivity contribution < 1.29 is 13.9 Å². The summed E-state index contributed by atoms with van der Waals surface area (Å²) in [5.74, 6) is -0.130. The zero-order valence-corrected chi connectivity index (χ0v) is 15.0. The van der Waals surface area contributed by atoms with Crippen molar-refractivity contribution >= 4 is 35.0 Å². The molecule has 2 rings (SSSR count). The fourth-order valence-corrected chi connectivity index (χ4v) is 2.70. The van der Waals surface area contributed by atoms with E-state index >= 15 is 0 Å². The molecule has 5 nitrogen and oxygen atoms in total. The summed E-state index contributed by atoms with van der Waals surface area (Å²) in [6, 6.07) is 15.9. The number of carbonyl (C=O) groups is 1. The van der Waals surface area contributed by atoms with Crippen LogP contribution in [0.1, 0.15) is 0 Å². The lowest BCUT2D eigenvalue weighted by atomic mass is 10.3. The van der Waals surface area contributed by atoms with E-state index in [1.165, 1.54) is 17.0 Å². The van der Waals surface area contributed by atoms with Crippen LogP contribution in [0.2, 0.25) is 0 Å². The molecule has 0 aliphatic rings. The van der Waals surface area contributed by atoms with Gasteiger partial charge in [-0.2, -0.15) is 0 Å². The zero-order valence-electron chi connectivity index (χ0n) is 13.3. The number of hydrazine groups is 1. The maximum absolute atomic E-state index is 13.3. The minimum Gasteiger partial charge on any atom is -0.481 e. The fraction of sp³-hybridized carbons (Fsp3) is 0.176. The van der Waals surface area contributed by atoms with Gasteiger partial charge < -0.3 is 10.1 Å². The van der Waals surface area contributed by atoms with Gasteiger partial charge >= 0.3 is 0 Å². The molecule has 0 saturated heterocycles. The smallest absolute Gasteiger partial charge is 0.276 e. The number of hydrogen-bond acceptors (Lipinski definition) is 4. The molecule has 1 amide bonds. The Bertz CT molecular complexity index is 701. The summed E-state index contributed by atoms with van der Waals surface area (Å²) in [7, 11) is 0. The summed E-state index contributed by atoms with van der Waals surface area (Å²) >= 11 is 6.75. The molecule has 0 fully saturated rings. The van der Waals surface area contributed by atoms with E-state index in [-0.39, 0.29) is 12.4 Å². The Hall–Kier alpha value is -2.32. The Morgan fingerprint density at radius 1 is 1.08 bits per heavy atom. The lowest BCUT2D eigenvalue weighted by Crippen LogP contribution is -2.48.